The molecule has 0 aliphatic heterocycles. The fraction of sp³-hybridized carbons (Fsp3) is 0.263. The molecule has 0 atom stereocenters. The van der Waals surface area contributed by atoms with Crippen molar-refractivity contribution >= 4 is 5.71 Å². The van der Waals surface area contributed by atoms with Crippen LogP contribution in [0.5, 0.6) is 5.75 Å². The predicted molar refractivity (Wildman–Crippen MR) is 90.4 cm³/mol. The Morgan fingerprint density at radius 2 is 1.78 bits per heavy atom. The highest BCUT2D eigenvalue weighted by Crippen LogP contribution is 2.22. The van der Waals surface area contributed by atoms with Crippen LogP contribution in [0.1, 0.15) is 30.0 Å². The van der Waals surface area contributed by atoms with Gasteiger partial charge in [-0.25, -0.2) is 0 Å². The predicted octanol–water partition coefficient (Wildman–Crippen LogP) is 4.09. The highest BCUT2D eigenvalue weighted by atomic mass is 16.6. The molecule has 2 aromatic carbocycles. The molecule has 0 spiro atoms. The van der Waals surface area contributed by atoms with E-state index in [4.69, 9.17) is 9.57 Å². The third kappa shape index (κ3) is 4.33. The molecule has 0 saturated heterocycles. The average molecular weight is 308 g/mol. The zero-order valence-electron chi connectivity index (χ0n) is 13.5. The highest BCUT2D eigenvalue weighted by Gasteiger charge is 2.11. The Balaban J connectivity index is 2.22. The maximum Gasteiger partial charge on any atom is 0.187 e. The molecular weight excluding hydrogens is 288 g/mol. The standard InChI is InChI=1S/C19H20N2O2/c1-3-8-15-9-5-7-12-19(15)23-14-16-10-4-6-11-17(16)18(13-20)21-22-2/h4-7,9-12H,3,8,14H2,1-2H3/b21-18+. The Morgan fingerprint density at radius 1 is 1.09 bits per heavy atom. The summed E-state index contributed by atoms with van der Waals surface area (Å²) in [6, 6.07) is 17.7. The maximum atomic E-state index is 9.23. The van der Waals surface area contributed by atoms with Crippen molar-refractivity contribution < 1.29 is 9.57 Å². The first-order chi connectivity index (χ1) is 11.3. The fourth-order valence-electron chi connectivity index (χ4n) is 2.37. The largest absolute Gasteiger partial charge is 0.489 e. The molecule has 0 aliphatic rings. The van der Waals surface area contributed by atoms with Crippen LogP contribution in [0.4, 0.5) is 0 Å². The number of para-hydroxylation sites is 1. The Kier molecular flexibility index (Phi) is 6.19. The van der Waals surface area contributed by atoms with Gasteiger partial charge in [-0.2, -0.15) is 5.26 Å². The summed E-state index contributed by atoms with van der Waals surface area (Å²) in [5, 5.41) is 13.0. The Morgan fingerprint density at radius 3 is 2.48 bits per heavy atom. The van der Waals surface area contributed by atoms with Crippen LogP contribution in [-0.2, 0) is 17.9 Å². The monoisotopic (exact) mass is 308 g/mol. The molecular formula is C19H20N2O2. The zero-order chi connectivity index (χ0) is 16.5. The van der Waals surface area contributed by atoms with E-state index in [-0.39, 0.29) is 5.71 Å². The maximum absolute atomic E-state index is 9.23. The van der Waals surface area contributed by atoms with Crippen LogP contribution < -0.4 is 4.74 Å². The Labute approximate surface area is 137 Å². The molecule has 4 nitrogen and oxygen atoms in total. The molecule has 4 heteroatoms. The number of hydrogen-bond donors (Lipinski definition) is 0. The second-order valence-corrected chi connectivity index (χ2v) is 5.04. The third-order valence-corrected chi connectivity index (χ3v) is 3.44. The van der Waals surface area contributed by atoms with Crippen molar-refractivity contribution in [2.75, 3.05) is 7.11 Å². The second kappa shape index (κ2) is 8.60. The van der Waals surface area contributed by atoms with Gasteiger partial charge in [0.05, 0.1) is 0 Å². The van der Waals surface area contributed by atoms with Crippen molar-refractivity contribution in [1.82, 2.24) is 0 Å². The minimum Gasteiger partial charge on any atom is -0.489 e. The van der Waals surface area contributed by atoms with Gasteiger partial charge in [0.25, 0.3) is 0 Å². The lowest BCUT2D eigenvalue weighted by Crippen LogP contribution is -2.07. The number of rotatable bonds is 7. The molecule has 0 amide bonds. The van der Waals surface area contributed by atoms with Gasteiger partial charge in [0.2, 0.25) is 0 Å². The van der Waals surface area contributed by atoms with Crippen molar-refractivity contribution in [3.05, 3.63) is 65.2 Å². The summed E-state index contributed by atoms with van der Waals surface area (Å²) in [5.74, 6) is 0.881. The molecule has 0 heterocycles. The normalized spacial score (nSPS) is 10.9. The first-order valence-electron chi connectivity index (χ1n) is 7.60. The van der Waals surface area contributed by atoms with Crippen LogP contribution in [0.3, 0.4) is 0 Å². The molecule has 0 saturated carbocycles. The summed E-state index contributed by atoms with van der Waals surface area (Å²) >= 11 is 0. The van der Waals surface area contributed by atoms with E-state index < -0.39 is 0 Å². The van der Waals surface area contributed by atoms with E-state index in [9.17, 15) is 5.26 Å². The van der Waals surface area contributed by atoms with Gasteiger partial charge < -0.3 is 9.57 Å². The molecule has 0 N–H and O–H groups in total. The minimum atomic E-state index is 0.244. The minimum absolute atomic E-state index is 0.244. The van der Waals surface area contributed by atoms with E-state index >= 15 is 0 Å². The van der Waals surface area contributed by atoms with Gasteiger partial charge in [0.15, 0.2) is 5.71 Å². The number of hydrogen-bond acceptors (Lipinski definition) is 4. The first kappa shape index (κ1) is 16.6. The van der Waals surface area contributed by atoms with E-state index in [1.165, 1.54) is 12.7 Å². The lowest BCUT2D eigenvalue weighted by atomic mass is 10.0. The van der Waals surface area contributed by atoms with E-state index in [0.717, 1.165) is 29.7 Å². The third-order valence-electron chi connectivity index (χ3n) is 3.44. The smallest absolute Gasteiger partial charge is 0.187 e. The molecule has 118 valence electrons. The molecule has 0 bridgehead atoms. The quantitative estimate of drug-likeness (QED) is 0.572. The lowest BCUT2D eigenvalue weighted by Gasteiger charge is -2.13. The van der Waals surface area contributed by atoms with Gasteiger partial charge in [-0.05, 0) is 23.6 Å². The van der Waals surface area contributed by atoms with Crippen molar-refractivity contribution in [1.29, 1.82) is 5.26 Å². The van der Waals surface area contributed by atoms with Gasteiger partial charge >= 0.3 is 0 Å². The summed E-state index contributed by atoms with van der Waals surface area (Å²) in [7, 11) is 1.43. The number of aryl methyl sites for hydroxylation is 1. The molecule has 0 aliphatic carbocycles. The number of oxime groups is 1. The van der Waals surface area contributed by atoms with Crippen LogP contribution in [0.25, 0.3) is 0 Å². The molecule has 2 rings (SSSR count). The topological polar surface area (TPSA) is 54.6 Å². The second-order valence-electron chi connectivity index (χ2n) is 5.04. The number of nitrogens with zero attached hydrogens (tertiary/aromatic N) is 2. The molecule has 0 aromatic heterocycles. The Hall–Kier alpha value is -2.80. The summed E-state index contributed by atoms with van der Waals surface area (Å²) in [4.78, 5) is 4.74. The van der Waals surface area contributed by atoms with Gasteiger partial charge in [-0.15, -0.1) is 0 Å². The van der Waals surface area contributed by atoms with Gasteiger partial charge in [-0.3, -0.25) is 0 Å². The van der Waals surface area contributed by atoms with Crippen LogP contribution in [0, 0.1) is 11.3 Å². The highest BCUT2D eigenvalue weighted by molar-refractivity contribution is 6.12. The fourth-order valence-corrected chi connectivity index (χ4v) is 2.37. The zero-order valence-corrected chi connectivity index (χ0v) is 13.5. The lowest BCUT2D eigenvalue weighted by molar-refractivity contribution is 0.214. The number of ether oxygens (including phenoxy) is 1. The summed E-state index contributed by atoms with van der Waals surface area (Å²) in [6.45, 7) is 2.52. The van der Waals surface area contributed by atoms with E-state index in [1.54, 1.807) is 0 Å². The van der Waals surface area contributed by atoms with Crippen LogP contribution >= 0.6 is 0 Å². The van der Waals surface area contributed by atoms with Crippen LogP contribution in [0.2, 0.25) is 0 Å². The van der Waals surface area contributed by atoms with Crippen molar-refractivity contribution in [3.63, 3.8) is 0 Å². The van der Waals surface area contributed by atoms with Gasteiger partial charge in [0.1, 0.15) is 25.5 Å². The van der Waals surface area contributed by atoms with Crippen molar-refractivity contribution in [2.45, 2.75) is 26.4 Å². The number of nitriles is 1. The van der Waals surface area contributed by atoms with Crippen molar-refractivity contribution in [3.8, 4) is 11.8 Å². The van der Waals surface area contributed by atoms with Gasteiger partial charge in [-0.1, -0.05) is 61.0 Å². The Bertz CT molecular complexity index is 717. The molecule has 0 fully saturated rings. The average Bonchev–Trinajstić information content (AvgIpc) is 2.59. The van der Waals surface area contributed by atoms with Crippen LogP contribution in [-0.4, -0.2) is 12.8 Å². The first-order valence-corrected chi connectivity index (χ1v) is 7.60. The molecule has 23 heavy (non-hydrogen) atoms. The summed E-state index contributed by atoms with van der Waals surface area (Å²) in [6.07, 6.45) is 2.04. The summed E-state index contributed by atoms with van der Waals surface area (Å²) < 4.78 is 5.98. The number of benzene rings is 2. The van der Waals surface area contributed by atoms with E-state index in [2.05, 4.69) is 24.2 Å². The molecule has 0 radical (unpaired) electrons. The van der Waals surface area contributed by atoms with E-state index in [0.29, 0.717) is 6.61 Å². The van der Waals surface area contributed by atoms with Crippen LogP contribution in [0.15, 0.2) is 53.7 Å². The molecule has 2 aromatic rings. The molecule has 0 unspecified atom stereocenters. The SMILES string of the molecule is CCCc1ccccc1OCc1ccccc1/C(C#N)=N/OC. The van der Waals surface area contributed by atoms with E-state index in [1.807, 2.05) is 42.5 Å². The van der Waals surface area contributed by atoms with Gasteiger partial charge in [0, 0.05) is 5.56 Å². The summed E-state index contributed by atoms with van der Waals surface area (Å²) in [5.41, 5.74) is 3.06. The van der Waals surface area contributed by atoms with Crippen molar-refractivity contribution in [2.24, 2.45) is 5.16 Å².